The molecule has 0 aliphatic heterocycles. The van der Waals surface area contributed by atoms with Gasteiger partial charge in [-0.15, -0.1) is 0 Å². The molecule has 0 heterocycles. The zero-order valence-corrected chi connectivity index (χ0v) is 18.7. The van der Waals surface area contributed by atoms with E-state index in [0.29, 0.717) is 23.2 Å². The minimum Gasteiger partial charge on any atom is -0.331 e. The van der Waals surface area contributed by atoms with Gasteiger partial charge in [-0.05, 0) is 54.2 Å². The molecule has 1 aliphatic carbocycles. The number of fused-ring (bicyclic) bond motifs is 1. The molecule has 164 valence electrons. The molecule has 3 heteroatoms. The van der Waals surface area contributed by atoms with Crippen LogP contribution in [0.4, 0.5) is 4.39 Å². The zero-order valence-electron chi connectivity index (χ0n) is 18.7. The van der Waals surface area contributed by atoms with Crippen LogP contribution in [-0.4, -0.2) is 16.8 Å². The summed E-state index contributed by atoms with van der Waals surface area (Å²) in [7, 11) is 0. The van der Waals surface area contributed by atoms with Gasteiger partial charge in [-0.25, -0.2) is 4.39 Å². The summed E-state index contributed by atoms with van der Waals surface area (Å²) in [6, 6.07) is 30.8. The third-order valence-corrected chi connectivity index (χ3v) is 6.53. The number of carbonyl (C=O) groups is 1. The van der Waals surface area contributed by atoms with E-state index in [1.165, 1.54) is 22.8 Å². The minimum atomic E-state index is -0.323. The number of nitrogens with zero attached hydrogens (tertiary/aromatic N) is 1. The van der Waals surface area contributed by atoms with Gasteiger partial charge in [-0.3, -0.25) is 4.79 Å². The van der Waals surface area contributed by atoms with Crippen molar-refractivity contribution in [1.82, 2.24) is 4.90 Å². The third kappa shape index (κ3) is 4.31. The van der Waals surface area contributed by atoms with Crippen molar-refractivity contribution in [1.29, 1.82) is 0 Å². The summed E-state index contributed by atoms with van der Waals surface area (Å²) in [5, 5.41) is 0. The molecule has 0 fully saturated rings. The smallest absolute Gasteiger partial charge is 0.255 e. The molecule has 0 saturated carbocycles. The van der Waals surface area contributed by atoms with Crippen molar-refractivity contribution < 1.29 is 9.18 Å². The van der Waals surface area contributed by atoms with E-state index in [0.717, 1.165) is 18.4 Å². The molecule has 2 nitrogen and oxygen atoms in total. The Morgan fingerprint density at radius 2 is 1.36 bits per heavy atom. The van der Waals surface area contributed by atoms with E-state index < -0.39 is 0 Å². The lowest BCUT2D eigenvalue weighted by Gasteiger charge is -2.30. The molecule has 4 aromatic rings. The van der Waals surface area contributed by atoms with E-state index in [1.54, 1.807) is 18.2 Å². The molecule has 0 saturated heterocycles. The summed E-state index contributed by atoms with van der Waals surface area (Å²) < 4.78 is 14.7. The van der Waals surface area contributed by atoms with Gasteiger partial charge in [-0.2, -0.15) is 0 Å². The SMILES string of the molecule is Cc1ccc(CN(C(=O)c2ccccc2-c2ccccc2F)C2Cc3ccccc3C2)cc1. The summed E-state index contributed by atoms with van der Waals surface area (Å²) in [4.78, 5) is 16.0. The summed E-state index contributed by atoms with van der Waals surface area (Å²) in [5.74, 6) is -0.386. The second kappa shape index (κ2) is 9.03. The lowest BCUT2D eigenvalue weighted by Crippen LogP contribution is -2.40. The van der Waals surface area contributed by atoms with Gasteiger partial charge in [0.05, 0.1) is 0 Å². The number of amides is 1. The fourth-order valence-electron chi connectivity index (χ4n) is 4.75. The fourth-order valence-corrected chi connectivity index (χ4v) is 4.75. The molecular formula is C30H26FNO. The summed E-state index contributed by atoms with van der Waals surface area (Å²) in [5.41, 5.74) is 6.49. The molecule has 1 aliphatic rings. The van der Waals surface area contributed by atoms with Crippen LogP contribution in [-0.2, 0) is 19.4 Å². The standard InChI is InChI=1S/C30H26FNO/c1-21-14-16-22(17-15-21)20-32(25-18-23-8-2-3-9-24(23)19-25)30(33)28-12-5-4-10-26(28)27-11-6-7-13-29(27)31/h2-17,25H,18-20H2,1H3. The number of hydrogen-bond acceptors (Lipinski definition) is 1. The van der Waals surface area contributed by atoms with E-state index in [4.69, 9.17) is 0 Å². The number of hydrogen-bond donors (Lipinski definition) is 0. The lowest BCUT2D eigenvalue weighted by atomic mass is 9.97. The molecule has 0 unspecified atom stereocenters. The number of carbonyl (C=O) groups excluding carboxylic acids is 1. The summed E-state index contributed by atoms with van der Waals surface area (Å²) in [6.45, 7) is 2.58. The van der Waals surface area contributed by atoms with Gasteiger partial charge in [0.1, 0.15) is 5.82 Å². The molecule has 0 aromatic heterocycles. The Hall–Kier alpha value is -3.72. The molecule has 0 atom stereocenters. The maximum absolute atomic E-state index is 14.7. The van der Waals surface area contributed by atoms with Gasteiger partial charge in [0, 0.05) is 23.7 Å². The molecule has 4 aromatic carbocycles. The van der Waals surface area contributed by atoms with Crippen LogP contribution in [0.25, 0.3) is 11.1 Å². The largest absolute Gasteiger partial charge is 0.331 e. The average molecular weight is 436 g/mol. The molecular weight excluding hydrogens is 409 g/mol. The third-order valence-electron chi connectivity index (χ3n) is 6.53. The maximum atomic E-state index is 14.7. The first-order valence-corrected chi connectivity index (χ1v) is 11.4. The predicted octanol–water partition coefficient (Wildman–Crippen LogP) is 6.61. The van der Waals surface area contributed by atoms with Crippen molar-refractivity contribution in [2.45, 2.75) is 32.4 Å². The topological polar surface area (TPSA) is 20.3 Å². The summed E-state index contributed by atoms with van der Waals surface area (Å²) >= 11 is 0. The van der Waals surface area contributed by atoms with E-state index in [2.05, 4.69) is 55.5 Å². The highest BCUT2D eigenvalue weighted by Crippen LogP contribution is 2.31. The minimum absolute atomic E-state index is 0.0601. The van der Waals surface area contributed by atoms with Crippen molar-refractivity contribution in [2.24, 2.45) is 0 Å². The number of rotatable bonds is 5. The first-order valence-electron chi connectivity index (χ1n) is 11.4. The normalized spacial score (nSPS) is 13.0. The van der Waals surface area contributed by atoms with Gasteiger partial charge in [0.25, 0.3) is 5.91 Å². The number of aryl methyl sites for hydroxylation is 1. The van der Waals surface area contributed by atoms with E-state index >= 15 is 0 Å². The molecule has 33 heavy (non-hydrogen) atoms. The van der Waals surface area contributed by atoms with Crippen LogP contribution in [0.15, 0.2) is 97.1 Å². The molecule has 0 bridgehead atoms. The highest BCUT2D eigenvalue weighted by atomic mass is 19.1. The first kappa shape index (κ1) is 21.1. The van der Waals surface area contributed by atoms with Crippen LogP contribution >= 0.6 is 0 Å². The van der Waals surface area contributed by atoms with Gasteiger partial charge in [-0.1, -0.05) is 90.5 Å². The van der Waals surface area contributed by atoms with E-state index in [9.17, 15) is 9.18 Å². The summed E-state index contributed by atoms with van der Waals surface area (Å²) in [6.07, 6.45) is 1.66. The van der Waals surface area contributed by atoms with E-state index in [1.807, 2.05) is 29.2 Å². The van der Waals surface area contributed by atoms with Crippen LogP contribution in [0.3, 0.4) is 0 Å². The van der Waals surface area contributed by atoms with Crippen molar-refractivity contribution >= 4 is 5.91 Å². The monoisotopic (exact) mass is 435 g/mol. The average Bonchev–Trinajstić information content (AvgIpc) is 3.28. The fraction of sp³-hybridized carbons (Fsp3) is 0.167. The van der Waals surface area contributed by atoms with Crippen molar-refractivity contribution in [2.75, 3.05) is 0 Å². The van der Waals surface area contributed by atoms with Crippen molar-refractivity contribution in [3.63, 3.8) is 0 Å². The molecule has 0 radical (unpaired) electrons. The van der Waals surface area contributed by atoms with Gasteiger partial charge < -0.3 is 4.90 Å². The lowest BCUT2D eigenvalue weighted by molar-refractivity contribution is 0.0668. The van der Waals surface area contributed by atoms with Crippen LogP contribution < -0.4 is 0 Å². The molecule has 0 N–H and O–H groups in total. The van der Waals surface area contributed by atoms with E-state index in [-0.39, 0.29) is 17.8 Å². The second-order valence-corrected chi connectivity index (χ2v) is 8.77. The second-order valence-electron chi connectivity index (χ2n) is 8.77. The zero-order chi connectivity index (χ0) is 22.8. The van der Waals surface area contributed by atoms with Crippen LogP contribution in [0.1, 0.15) is 32.6 Å². The Bertz CT molecular complexity index is 1270. The van der Waals surface area contributed by atoms with Crippen LogP contribution in [0.2, 0.25) is 0 Å². The van der Waals surface area contributed by atoms with Gasteiger partial charge in [0.2, 0.25) is 0 Å². The van der Waals surface area contributed by atoms with Gasteiger partial charge in [0.15, 0.2) is 0 Å². The highest BCUT2D eigenvalue weighted by molar-refractivity contribution is 6.01. The first-order chi connectivity index (χ1) is 16.1. The Balaban J connectivity index is 1.54. The van der Waals surface area contributed by atoms with Crippen LogP contribution in [0, 0.1) is 12.7 Å². The Labute approximate surface area is 194 Å². The number of halogens is 1. The van der Waals surface area contributed by atoms with Crippen molar-refractivity contribution in [3.05, 3.63) is 131 Å². The molecule has 5 rings (SSSR count). The van der Waals surface area contributed by atoms with Gasteiger partial charge >= 0.3 is 0 Å². The highest BCUT2D eigenvalue weighted by Gasteiger charge is 2.31. The number of benzene rings is 4. The molecule has 0 spiro atoms. The Morgan fingerprint density at radius 1 is 0.788 bits per heavy atom. The Kier molecular flexibility index (Phi) is 5.78. The van der Waals surface area contributed by atoms with Crippen molar-refractivity contribution in [3.8, 4) is 11.1 Å². The maximum Gasteiger partial charge on any atom is 0.255 e. The van der Waals surface area contributed by atoms with Crippen LogP contribution in [0.5, 0.6) is 0 Å². The predicted molar refractivity (Wildman–Crippen MR) is 131 cm³/mol. The molecule has 1 amide bonds. The quantitative estimate of drug-likeness (QED) is 0.345. The Morgan fingerprint density at radius 3 is 2.03 bits per heavy atom.